The highest BCUT2D eigenvalue weighted by molar-refractivity contribution is 5.24. The number of benzene rings is 1. The molecule has 2 rings (SSSR count). The molecule has 1 nitrogen and oxygen atoms in total. The summed E-state index contributed by atoms with van der Waals surface area (Å²) < 4.78 is 0. The van der Waals surface area contributed by atoms with Crippen LogP contribution in [0.25, 0.3) is 0 Å². The lowest BCUT2D eigenvalue weighted by Gasteiger charge is -2.35. The van der Waals surface area contributed by atoms with E-state index in [4.69, 9.17) is 0 Å². The van der Waals surface area contributed by atoms with Crippen molar-refractivity contribution in [2.24, 2.45) is 5.41 Å². The van der Waals surface area contributed by atoms with Crippen molar-refractivity contribution in [3.8, 4) is 0 Å². The fourth-order valence-corrected chi connectivity index (χ4v) is 3.15. The summed E-state index contributed by atoms with van der Waals surface area (Å²) in [4.78, 5) is 0. The highest BCUT2D eigenvalue weighted by Gasteiger charge is 2.27. The second-order valence-electron chi connectivity index (χ2n) is 7.23. The summed E-state index contributed by atoms with van der Waals surface area (Å²) in [6, 6.07) is 9.79. The van der Waals surface area contributed by atoms with Gasteiger partial charge in [0.05, 0.1) is 0 Å². The van der Waals surface area contributed by atoms with Crippen molar-refractivity contribution in [2.75, 3.05) is 0 Å². The zero-order valence-electron chi connectivity index (χ0n) is 13.0. The van der Waals surface area contributed by atoms with Crippen molar-refractivity contribution >= 4 is 0 Å². The number of nitrogens with one attached hydrogen (secondary N) is 1. The molecule has 0 spiro atoms. The normalized spacial score (nSPS) is 22.7. The minimum atomic E-state index is 0.525. The van der Waals surface area contributed by atoms with E-state index in [0.717, 1.165) is 6.54 Å². The molecule has 1 heteroatoms. The molecule has 106 valence electrons. The molecule has 0 aromatic heterocycles. The van der Waals surface area contributed by atoms with Crippen LogP contribution in [-0.2, 0) is 6.54 Å². The Morgan fingerprint density at radius 3 is 2.47 bits per heavy atom. The summed E-state index contributed by atoms with van der Waals surface area (Å²) in [7, 11) is 0. The summed E-state index contributed by atoms with van der Waals surface area (Å²) in [6.45, 7) is 10.3. The minimum absolute atomic E-state index is 0.525. The van der Waals surface area contributed by atoms with Crippen LogP contribution in [0.1, 0.15) is 70.4 Å². The number of hydrogen-bond donors (Lipinski definition) is 1. The molecule has 1 N–H and O–H groups in total. The van der Waals surface area contributed by atoms with E-state index in [-0.39, 0.29) is 0 Å². The maximum atomic E-state index is 3.74. The van der Waals surface area contributed by atoms with Gasteiger partial charge in [0.2, 0.25) is 0 Å². The molecule has 1 unspecified atom stereocenters. The summed E-state index contributed by atoms with van der Waals surface area (Å²) in [5.74, 6) is 0.626. The van der Waals surface area contributed by atoms with Gasteiger partial charge in [-0.05, 0) is 41.7 Å². The first-order valence-corrected chi connectivity index (χ1v) is 7.78. The van der Waals surface area contributed by atoms with E-state index in [9.17, 15) is 0 Å². The van der Waals surface area contributed by atoms with Crippen molar-refractivity contribution in [1.29, 1.82) is 0 Å². The van der Waals surface area contributed by atoms with Crippen LogP contribution in [0.5, 0.6) is 0 Å². The van der Waals surface area contributed by atoms with Crippen LogP contribution < -0.4 is 5.32 Å². The molecule has 0 radical (unpaired) electrons. The third-order valence-electron chi connectivity index (χ3n) is 4.45. The molecule has 0 heterocycles. The van der Waals surface area contributed by atoms with Crippen LogP contribution in [0, 0.1) is 5.41 Å². The molecular weight excluding hydrogens is 230 g/mol. The molecule has 1 atom stereocenters. The van der Waals surface area contributed by atoms with Crippen LogP contribution in [-0.4, -0.2) is 6.04 Å². The van der Waals surface area contributed by atoms with Crippen molar-refractivity contribution in [1.82, 2.24) is 5.32 Å². The largest absolute Gasteiger partial charge is 0.310 e. The monoisotopic (exact) mass is 259 g/mol. The molecule has 19 heavy (non-hydrogen) atoms. The second kappa shape index (κ2) is 6.09. The third kappa shape index (κ3) is 4.35. The highest BCUT2D eigenvalue weighted by Crippen LogP contribution is 2.35. The zero-order chi connectivity index (χ0) is 13.9. The van der Waals surface area contributed by atoms with E-state index in [1.807, 2.05) is 0 Å². The van der Waals surface area contributed by atoms with Crippen LogP contribution in [0.15, 0.2) is 24.3 Å². The Morgan fingerprint density at radius 1 is 1.21 bits per heavy atom. The lowest BCUT2D eigenvalue weighted by molar-refractivity contribution is 0.198. The molecular formula is C18H29N. The topological polar surface area (TPSA) is 12.0 Å². The maximum Gasteiger partial charge on any atom is 0.0208 e. The van der Waals surface area contributed by atoms with Crippen molar-refractivity contribution < 1.29 is 0 Å². The molecule has 0 saturated heterocycles. The van der Waals surface area contributed by atoms with Gasteiger partial charge in [-0.3, -0.25) is 0 Å². The van der Waals surface area contributed by atoms with Gasteiger partial charge in [-0.1, -0.05) is 58.4 Å². The highest BCUT2D eigenvalue weighted by atomic mass is 14.9. The van der Waals surface area contributed by atoms with Crippen LogP contribution in [0.3, 0.4) is 0 Å². The fourth-order valence-electron chi connectivity index (χ4n) is 3.15. The smallest absolute Gasteiger partial charge is 0.0208 e. The molecule has 1 fully saturated rings. The van der Waals surface area contributed by atoms with Gasteiger partial charge in [0, 0.05) is 12.6 Å². The molecule has 0 aliphatic heterocycles. The van der Waals surface area contributed by atoms with Crippen molar-refractivity contribution in [2.45, 2.75) is 71.9 Å². The first kappa shape index (κ1) is 14.6. The lowest BCUT2D eigenvalue weighted by Crippen LogP contribution is -2.36. The maximum absolute atomic E-state index is 3.74. The van der Waals surface area contributed by atoms with Gasteiger partial charge in [0.15, 0.2) is 0 Å². The number of rotatable bonds is 4. The Morgan fingerprint density at radius 2 is 1.89 bits per heavy atom. The molecule has 1 aliphatic carbocycles. The van der Waals surface area contributed by atoms with Crippen LogP contribution >= 0.6 is 0 Å². The molecule has 0 amide bonds. The minimum Gasteiger partial charge on any atom is -0.310 e. The predicted octanol–water partition coefficient (Wildman–Crippen LogP) is 4.87. The van der Waals surface area contributed by atoms with E-state index in [0.29, 0.717) is 17.4 Å². The average molecular weight is 259 g/mol. The Kier molecular flexibility index (Phi) is 4.67. The van der Waals surface area contributed by atoms with Gasteiger partial charge in [0.1, 0.15) is 0 Å². The van der Waals surface area contributed by atoms with E-state index < -0.39 is 0 Å². The van der Waals surface area contributed by atoms with E-state index in [2.05, 4.69) is 57.3 Å². The van der Waals surface area contributed by atoms with Gasteiger partial charge in [-0.2, -0.15) is 0 Å². The van der Waals surface area contributed by atoms with E-state index in [1.54, 1.807) is 0 Å². The Bertz CT molecular complexity index is 389. The summed E-state index contributed by atoms with van der Waals surface area (Å²) >= 11 is 0. The van der Waals surface area contributed by atoms with E-state index in [1.165, 1.54) is 36.8 Å². The SMILES string of the molecule is CC(C)c1ccc(CNC2CCCC(C)(C)C2)cc1. The molecule has 1 aromatic carbocycles. The predicted molar refractivity (Wildman–Crippen MR) is 83.4 cm³/mol. The molecule has 1 aromatic rings. The quantitative estimate of drug-likeness (QED) is 0.813. The zero-order valence-corrected chi connectivity index (χ0v) is 13.0. The van der Waals surface area contributed by atoms with E-state index >= 15 is 0 Å². The Labute approximate surface area is 118 Å². The van der Waals surface area contributed by atoms with Gasteiger partial charge in [0.25, 0.3) is 0 Å². The summed E-state index contributed by atoms with van der Waals surface area (Å²) in [6.07, 6.45) is 5.41. The average Bonchev–Trinajstić information content (AvgIpc) is 2.36. The summed E-state index contributed by atoms with van der Waals surface area (Å²) in [5.41, 5.74) is 3.37. The van der Waals surface area contributed by atoms with Crippen molar-refractivity contribution in [3.63, 3.8) is 0 Å². The molecule has 1 saturated carbocycles. The Hall–Kier alpha value is -0.820. The first-order valence-electron chi connectivity index (χ1n) is 7.78. The van der Waals surface area contributed by atoms with Gasteiger partial charge in [-0.25, -0.2) is 0 Å². The van der Waals surface area contributed by atoms with Gasteiger partial charge < -0.3 is 5.32 Å². The molecule has 1 aliphatic rings. The van der Waals surface area contributed by atoms with Gasteiger partial charge >= 0.3 is 0 Å². The molecule has 0 bridgehead atoms. The Balaban J connectivity index is 1.85. The van der Waals surface area contributed by atoms with Crippen LogP contribution in [0.4, 0.5) is 0 Å². The number of hydrogen-bond acceptors (Lipinski definition) is 1. The summed E-state index contributed by atoms with van der Waals surface area (Å²) in [5, 5.41) is 3.74. The standard InChI is InChI=1S/C18H29N/c1-14(2)16-9-7-15(8-10-16)13-19-17-6-5-11-18(3,4)12-17/h7-10,14,17,19H,5-6,11-13H2,1-4H3. The van der Waals surface area contributed by atoms with Gasteiger partial charge in [-0.15, -0.1) is 0 Å². The third-order valence-corrected chi connectivity index (χ3v) is 4.45. The fraction of sp³-hybridized carbons (Fsp3) is 0.667. The second-order valence-corrected chi connectivity index (χ2v) is 7.23. The first-order chi connectivity index (χ1) is 8.96. The van der Waals surface area contributed by atoms with Crippen molar-refractivity contribution in [3.05, 3.63) is 35.4 Å². The van der Waals surface area contributed by atoms with Crippen LogP contribution in [0.2, 0.25) is 0 Å². The lowest BCUT2D eigenvalue weighted by atomic mass is 9.75.